The number of carbonyl (C=O) groups excluding carboxylic acids is 1. The number of fused-ring (bicyclic) bond motifs is 1. The summed E-state index contributed by atoms with van der Waals surface area (Å²) in [5.74, 6) is 0.131. The van der Waals surface area contributed by atoms with Crippen molar-refractivity contribution in [2.75, 3.05) is 0 Å². The molecule has 0 radical (unpaired) electrons. The summed E-state index contributed by atoms with van der Waals surface area (Å²) in [6, 6.07) is 5.89. The molecule has 0 aliphatic carbocycles. The van der Waals surface area contributed by atoms with Gasteiger partial charge in [0.15, 0.2) is 5.78 Å². The monoisotopic (exact) mass is 343 g/mol. The lowest BCUT2D eigenvalue weighted by Gasteiger charge is -2.04. The standard InChI is InChI=1S/C12H11Br2NO/c1-2-10(14)12(16)9-6-15-11-4-3-7(13)5-8(9)11/h3-6,10,15H,2H2,1H3. The summed E-state index contributed by atoms with van der Waals surface area (Å²) >= 11 is 6.81. The van der Waals surface area contributed by atoms with Crippen LogP contribution in [0.2, 0.25) is 0 Å². The fourth-order valence-electron chi connectivity index (χ4n) is 1.65. The van der Waals surface area contributed by atoms with Gasteiger partial charge in [0.2, 0.25) is 0 Å². The first-order chi connectivity index (χ1) is 7.63. The van der Waals surface area contributed by atoms with Gasteiger partial charge in [-0.05, 0) is 24.6 Å². The first kappa shape index (κ1) is 11.9. The Hall–Kier alpha value is -0.610. The largest absolute Gasteiger partial charge is 0.360 e. The van der Waals surface area contributed by atoms with E-state index in [1.54, 1.807) is 6.20 Å². The van der Waals surface area contributed by atoms with E-state index in [2.05, 4.69) is 36.8 Å². The van der Waals surface area contributed by atoms with Crippen molar-refractivity contribution in [1.29, 1.82) is 0 Å². The van der Waals surface area contributed by atoms with Gasteiger partial charge in [0.05, 0.1) is 4.83 Å². The van der Waals surface area contributed by atoms with Crippen LogP contribution in [0.3, 0.4) is 0 Å². The molecule has 2 rings (SSSR count). The minimum absolute atomic E-state index is 0.106. The zero-order chi connectivity index (χ0) is 11.7. The van der Waals surface area contributed by atoms with E-state index in [4.69, 9.17) is 0 Å². The Morgan fingerprint density at radius 1 is 1.50 bits per heavy atom. The molecule has 1 aromatic carbocycles. The SMILES string of the molecule is CCC(Br)C(=O)c1c[nH]c2ccc(Br)cc12. The molecule has 1 atom stereocenters. The van der Waals surface area contributed by atoms with Crippen molar-refractivity contribution in [3.8, 4) is 0 Å². The molecular formula is C12H11Br2NO. The minimum Gasteiger partial charge on any atom is -0.360 e. The average Bonchev–Trinajstić information content (AvgIpc) is 2.69. The average molecular weight is 345 g/mol. The highest BCUT2D eigenvalue weighted by molar-refractivity contribution is 9.10. The van der Waals surface area contributed by atoms with Crippen molar-refractivity contribution in [3.05, 3.63) is 34.4 Å². The fraction of sp³-hybridized carbons (Fsp3) is 0.250. The van der Waals surface area contributed by atoms with Crippen molar-refractivity contribution < 1.29 is 4.79 Å². The first-order valence-electron chi connectivity index (χ1n) is 5.08. The number of Topliss-reactive ketones (excluding diaryl/α,β-unsaturated/α-hetero) is 1. The molecule has 1 N–H and O–H groups in total. The molecule has 0 spiro atoms. The first-order valence-corrected chi connectivity index (χ1v) is 6.79. The van der Waals surface area contributed by atoms with Crippen molar-refractivity contribution in [3.63, 3.8) is 0 Å². The molecule has 0 saturated carbocycles. The smallest absolute Gasteiger partial charge is 0.178 e. The molecule has 1 heterocycles. The van der Waals surface area contributed by atoms with Crippen LogP contribution in [0.25, 0.3) is 10.9 Å². The third kappa shape index (κ3) is 2.09. The number of aromatic amines is 1. The molecule has 0 fully saturated rings. The summed E-state index contributed by atoms with van der Waals surface area (Å²) in [6.45, 7) is 1.99. The number of alkyl halides is 1. The number of halogens is 2. The van der Waals surface area contributed by atoms with Crippen molar-refractivity contribution in [1.82, 2.24) is 4.98 Å². The van der Waals surface area contributed by atoms with Gasteiger partial charge in [-0.3, -0.25) is 4.79 Å². The van der Waals surface area contributed by atoms with Gasteiger partial charge in [-0.1, -0.05) is 38.8 Å². The second kappa shape index (κ2) is 4.72. The van der Waals surface area contributed by atoms with Crippen LogP contribution in [-0.2, 0) is 0 Å². The Morgan fingerprint density at radius 3 is 2.94 bits per heavy atom. The van der Waals surface area contributed by atoms with Crippen LogP contribution >= 0.6 is 31.9 Å². The van der Waals surface area contributed by atoms with Crippen molar-refractivity contribution >= 4 is 48.5 Å². The lowest BCUT2D eigenvalue weighted by molar-refractivity contribution is 0.0992. The fourth-order valence-corrected chi connectivity index (χ4v) is 2.26. The Balaban J connectivity index is 2.53. The van der Waals surface area contributed by atoms with Crippen LogP contribution in [0.15, 0.2) is 28.9 Å². The number of carbonyl (C=O) groups is 1. The van der Waals surface area contributed by atoms with E-state index in [1.165, 1.54) is 0 Å². The highest BCUT2D eigenvalue weighted by Crippen LogP contribution is 2.25. The van der Waals surface area contributed by atoms with Crippen molar-refractivity contribution in [2.24, 2.45) is 0 Å². The second-order valence-corrected chi connectivity index (χ2v) is 5.65. The molecular weight excluding hydrogens is 334 g/mol. The van der Waals surface area contributed by atoms with Gasteiger partial charge in [-0.2, -0.15) is 0 Å². The Labute approximate surface area is 111 Å². The van der Waals surface area contributed by atoms with E-state index in [0.29, 0.717) is 0 Å². The Kier molecular flexibility index (Phi) is 3.50. The molecule has 84 valence electrons. The normalized spacial score (nSPS) is 12.9. The van der Waals surface area contributed by atoms with E-state index >= 15 is 0 Å². The van der Waals surface area contributed by atoms with Crippen LogP contribution in [-0.4, -0.2) is 15.6 Å². The number of H-pyrrole nitrogens is 1. The van der Waals surface area contributed by atoms with E-state index in [0.717, 1.165) is 27.4 Å². The molecule has 0 aliphatic rings. The summed E-state index contributed by atoms with van der Waals surface area (Å²) in [7, 11) is 0. The third-order valence-electron chi connectivity index (χ3n) is 2.55. The summed E-state index contributed by atoms with van der Waals surface area (Å²) in [5, 5.41) is 0.970. The van der Waals surface area contributed by atoms with E-state index in [9.17, 15) is 4.79 Å². The number of hydrogen-bond donors (Lipinski definition) is 1. The van der Waals surface area contributed by atoms with Crippen molar-refractivity contribution in [2.45, 2.75) is 18.2 Å². The zero-order valence-electron chi connectivity index (χ0n) is 8.76. The highest BCUT2D eigenvalue weighted by atomic mass is 79.9. The quantitative estimate of drug-likeness (QED) is 0.654. The third-order valence-corrected chi connectivity index (χ3v) is 4.11. The summed E-state index contributed by atoms with van der Waals surface area (Å²) in [5.41, 5.74) is 1.74. The second-order valence-electron chi connectivity index (χ2n) is 3.63. The van der Waals surface area contributed by atoms with Gasteiger partial charge >= 0.3 is 0 Å². The van der Waals surface area contributed by atoms with Crippen LogP contribution in [0.5, 0.6) is 0 Å². The van der Waals surface area contributed by atoms with Gasteiger partial charge in [-0.25, -0.2) is 0 Å². The van der Waals surface area contributed by atoms with Crippen LogP contribution in [0, 0.1) is 0 Å². The molecule has 0 aliphatic heterocycles. The number of hydrogen-bond acceptors (Lipinski definition) is 1. The van der Waals surface area contributed by atoms with Gasteiger partial charge in [0.25, 0.3) is 0 Å². The highest BCUT2D eigenvalue weighted by Gasteiger charge is 2.18. The number of aromatic nitrogens is 1. The lowest BCUT2D eigenvalue weighted by atomic mass is 10.1. The van der Waals surface area contributed by atoms with Gasteiger partial charge in [-0.15, -0.1) is 0 Å². The predicted molar refractivity (Wildman–Crippen MR) is 73.3 cm³/mol. The molecule has 0 amide bonds. The molecule has 0 saturated heterocycles. The summed E-state index contributed by atoms with van der Waals surface area (Å²) < 4.78 is 0.983. The maximum absolute atomic E-state index is 12.1. The molecule has 2 aromatic rings. The molecule has 1 unspecified atom stereocenters. The molecule has 16 heavy (non-hydrogen) atoms. The number of nitrogens with one attached hydrogen (secondary N) is 1. The molecule has 4 heteroatoms. The lowest BCUT2D eigenvalue weighted by Crippen LogP contribution is -2.12. The van der Waals surface area contributed by atoms with E-state index in [1.807, 2.05) is 25.1 Å². The molecule has 0 bridgehead atoms. The molecule has 1 aromatic heterocycles. The maximum Gasteiger partial charge on any atom is 0.178 e. The van der Waals surface area contributed by atoms with E-state index < -0.39 is 0 Å². The zero-order valence-corrected chi connectivity index (χ0v) is 11.9. The Bertz CT molecular complexity index is 533. The number of rotatable bonds is 3. The minimum atomic E-state index is -0.106. The maximum atomic E-state index is 12.1. The van der Waals surface area contributed by atoms with Crippen LogP contribution < -0.4 is 0 Å². The summed E-state index contributed by atoms with van der Waals surface area (Å²) in [6.07, 6.45) is 2.57. The Morgan fingerprint density at radius 2 is 2.25 bits per heavy atom. The van der Waals surface area contributed by atoms with E-state index in [-0.39, 0.29) is 10.6 Å². The van der Waals surface area contributed by atoms with Gasteiger partial charge in [0.1, 0.15) is 0 Å². The summed E-state index contributed by atoms with van der Waals surface area (Å²) in [4.78, 5) is 15.1. The predicted octanol–water partition coefficient (Wildman–Crippen LogP) is 4.29. The topological polar surface area (TPSA) is 32.9 Å². The van der Waals surface area contributed by atoms with Gasteiger partial charge < -0.3 is 4.98 Å². The van der Waals surface area contributed by atoms with Crippen LogP contribution in [0.4, 0.5) is 0 Å². The number of benzene rings is 1. The molecule has 2 nitrogen and oxygen atoms in total. The van der Waals surface area contributed by atoms with Gasteiger partial charge in [0, 0.05) is 27.1 Å². The number of ketones is 1. The van der Waals surface area contributed by atoms with Crippen LogP contribution in [0.1, 0.15) is 23.7 Å².